The highest BCUT2D eigenvalue weighted by Crippen LogP contribution is 2.10. The Labute approximate surface area is 110 Å². The van der Waals surface area contributed by atoms with E-state index in [-0.39, 0.29) is 0 Å². The number of ether oxygens (including phenoxy) is 1. The summed E-state index contributed by atoms with van der Waals surface area (Å²) in [4.78, 5) is 15.8. The van der Waals surface area contributed by atoms with Gasteiger partial charge in [-0.1, -0.05) is 0 Å². The lowest BCUT2D eigenvalue weighted by Crippen LogP contribution is -2.04. The average molecular weight is 256 g/mol. The van der Waals surface area contributed by atoms with Crippen LogP contribution in [0.1, 0.15) is 28.5 Å². The number of pyridine rings is 1. The van der Waals surface area contributed by atoms with Gasteiger partial charge in [0.05, 0.1) is 30.0 Å². The van der Waals surface area contributed by atoms with Crippen molar-refractivity contribution in [3.63, 3.8) is 0 Å². The van der Waals surface area contributed by atoms with Crippen molar-refractivity contribution in [2.24, 2.45) is 0 Å². The standard InChI is InChI=1S/C13H12N4O2/c1-3-19-13(18)11-7-15-17(8-11)12-5-10(6-14)4-9(2)16-12/h4-5,7-8H,3H2,1-2H3. The van der Waals surface area contributed by atoms with Crippen molar-refractivity contribution in [2.45, 2.75) is 13.8 Å². The van der Waals surface area contributed by atoms with Gasteiger partial charge in [-0.05, 0) is 19.9 Å². The van der Waals surface area contributed by atoms with E-state index in [4.69, 9.17) is 10.00 Å². The highest BCUT2D eigenvalue weighted by Gasteiger charge is 2.11. The summed E-state index contributed by atoms with van der Waals surface area (Å²) in [6.07, 6.45) is 2.94. The second-order valence-corrected chi connectivity index (χ2v) is 3.86. The normalized spacial score (nSPS) is 9.95. The number of rotatable bonds is 3. The van der Waals surface area contributed by atoms with Crippen LogP contribution in [-0.4, -0.2) is 27.3 Å². The molecule has 2 aromatic rings. The monoisotopic (exact) mass is 256 g/mol. The van der Waals surface area contributed by atoms with Gasteiger partial charge in [-0.15, -0.1) is 0 Å². The summed E-state index contributed by atoms with van der Waals surface area (Å²) in [5, 5.41) is 13.0. The zero-order valence-corrected chi connectivity index (χ0v) is 10.6. The van der Waals surface area contributed by atoms with E-state index in [0.29, 0.717) is 29.2 Å². The van der Waals surface area contributed by atoms with E-state index in [1.54, 1.807) is 26.0 Å². The number of aryl methyl sites for hydroxylation is 1. The van der Waals surface area contributed by atoms with Crippen LogP contribution in [0, 0.1) is 18.3 Å². The molecule has 0 radical (unpaired) electrons. The summed E-state index contributed by atoms with van der Waals surface area (Å²) in [6.45, 7) is 3.84. The predicted octanol–water partition coefficient (Wildman–Crippen LogP) is 1.62. The van der Waals surface area contributed by atoms with Crippen LogP contribution in [0.25, 0.3) is 5.82 Å². The number of esters is 1. The molecule has 0 spiro atoms. The van der Waals surface area contributed by atoms with Crippen molar-refractivity contribution in [3.8, 4) is 11.9 Å². The third-order valence-corrected chi connectivity index (χ3v) is 2.40. The Hall–Kier alpha value is -2.68. The quantitative estimate of drug-likeness (QED) is 0.779. The second-order valence-electron chi connectivity index (χ2n) is 3.86. The van der Waals surface area contributed by atoms with Gasteiger partial charge in [0, 0.05) is 18.0 Å². The molecule has 0 atom stereocenters. The van der Waals surface area contributed by atoms with E-state index < -0.39 is 5.97 Å². The van der Waals surface area contributed by atoms with E-state index >= 15 is 0 Å². The summed E-state index contributed by atoms with van der Waals surface area (Å²) < 4.78 is 6.33. The van der Waals surface area contributed by atoms with Crippen LogP contribution in [0.4, 0.5) is 0 Å². The molecule has 0 saturated heterocycles. The molecule has 6 nitrogen and oxygen atoms in total. The number of nitrogens with zero attached hydrogens (tertiary/aromatic N) is 4. The SMILES string of the molecule is CCOC(=O)c1cnn(-c2cc(C#N)cc(C)n2)c1. The van der Waals surface area contributed by atoms with Crippen LogP contribution in [-0.2, 0) is 4.74 Å². The van der Waals surface area contributed by atoms with Crippen molar-refractivity contribution >= 4 is 5.97 Å². The van der Waals surface area contributed by atoms with Gasteiger partial charge in [0.1, 0.15) is 0 Å². The van der Waals surface area contributed by atoms with Crippen molar-refractivity contribution in [1.82, 2.24) is 14.8 Å². The van der Waals surface area contributed by atoms with Crippen LogP contribution in [0.2, 0.25) is 0 Å². The molecule has 0 amide bonds. The molecule has 0 saturated carbocycles. The first-order chi connectivity index (χ1) is 9.13. The van der Waals surface area contributed by atoms with Gasteiger partial charge in [0.25, 0.3) is 0 Å². The van der Waals surface area contributed by atoms with E-state index in [1.807, 2.05) is 0 Å². The third kappa shape index (κ3) is 2.77. The largest absolute Gasteiger partial charge is 0.462 e. The Morgan fingerprint density at radius 3 is 3.00 bits per heavy atom. The van der Waals surface area contributed by atoms with Gasteiger partial charge < -0.3 is 4.74 Å². The molecular weight excluding hydrogens is 244 g/mol. The van der Waals surface area contributed by atoms with Gasteiger partial charge in [-0.25, -0.2) is 14.5 Å². The fourth-order valence-electron chi connectivity index (χ4n) is 1.60. The second kappa shape index (κ2) is 5.31. The van der Waals surface area contributed by atoms with Crippen molar-refractivity contribution < 1.29 is 9.53 Å². The molecule has 2 aromatic heterocycles. The maximum atomic E-state index is 11.5. The van der Waals surface area contributed by atoms with Gasteiger partial charge >= 0.3 is 5.97 Å². The van der Waals surface area contributed by atoms with Crippen LogP contribution >= 0.6 is 0 Å². The van der Waals surface area contributed by atoms with Gasteiger partial charge in [0.2, 0.25) is 0 Å². The van der Waals surface area contributed by atoms with E-state index in [2.05, 4.69) is 16.2 Å². The Kier molecular flexibility index (Phi) is 3.57. The minimum absolute atomic E-state index is 0.311. The average Bonchev–Trinajstić information content (AvgIpc) is 2.88. The van der Waals surface area contributed by atoms with Crippen molar-refractivity contribution in [3.05, 3.63) is 41.3 Å². The molecule has 0 aliphatic rings. The lowest BCUT2D eigenvalue weighted by Gasteiger charge is -2.02. The molecule has 0 N–H and O–H groups in total. The lowest BCUT2D eigenvalue weighted by atomic mass is 10.2. The molecule has 0 bridgehead atoms. The number of carbonyl (C=O) groups excluding carboxylic acids is 1. The minimum Gasteiger partial charge on any atom is -0.462 e. The van der Waals surface area contributed by atoms with Crippen LogP contribution in [0.3, 0.4) is 0 Å². The molecule has 0 fully saturated rings. The molecule has 6 heteroatoms. The van der Waals surface area contributed by atoms with Crippen LogP contribution < -0.4 is 0 Å². The molecule has 2 heterocycles. The molecule has 0 aliphatic heterocycles. The van der Waals surface area contributed by atoms with Gasteiger partial charge in [-0.2, -0.15) is 10.4 Å². The fraction of sp³-hybridized carbons (Fsp3) is 0.231. The summed E-state index contributed by atoms with van der Waals surface area (Å²) in [5.74, 6) is 0.0639. The number of aromatic nitrogens is 3. The first-order valence-corrected chi connectivity index (χ1v) is 5.75. The molecule has 96 valence electrons. The summed E-state index contributed by atoms with van der Waals surface area (Å²) >= 11 is 0. The molecular formula is C13H12N4O2. The molecule has 0 aliphatic carbocycles. The lowest BCUT2D eigenvalue weighted by molar-refractivity contribution is 0.0526. The molecule has 0 aromatic carbocycles. The third-order valence-electron chi connectivity index (χ3n) is 2.40. The number of nitriles is 1. The smallest absolute Gasteiger partial charge is 0.341 e. The summed E-state index contributed by atoms with van der Waals surface area (Å²) in [6, 6.07) is 5.34. The zero-order valence-electron chi connectivity index (χ0n) is 10.6. The molecule has 19 heavy (non-hydrogen) atoms. The Morgan fingerprint density at radius 2 is 2.32 bits per heavy atom. The highest BCUT2D eigenvalue weighted by atomic mass is 16.5. The van der Waals surface area contributed by atoms with Gasteiger partial charge in [0.15, 0.2) is 5.82 Å². The number of carbonyl (C=O) groups is 1. The van der Waals surface area contributed by atoms with E-state index in [1.165, 1.54) is 17.1 Å². The number of hydrogen-bond acceptors (Lipinski definition) is 5. The summed E-state index contributed by atoms with van der Waals surface area (Å²) in [7, 11) is 0. The predicted molar refractivity (Wildman–Crippen MR) is 66.8 cm³/mol. The Bertz CT molecular complexity index is 655. The topological polar surface area (TPSA) is 80.8 Å². The Morgan fingerprint density at radius 1 is 1.53 bits per heavy atom. The zero-order chi connectivity index (χ0) is 13.8. The maximum absolute atomic E-state index is 11.5. The number of hydrogen-bond donors (Lipinski definition) is 0. The maximum Gasteiger partial charge on any atom is 0.341 e. The highest BCUT2D eigenvalue weighted by molar-refractivity contribution is 5.88. The van der Waals surface area contributed by atoms with E-state index in [0.717, 1.165) is 0 Å². The van der Waals surface area contributed by atoms with Crippen LogP contribution in [0.15, 0.2) is 24.5 Å². The first kappa shape index (κ1) is 12.8. The van der Waals surface area contributed by atoms with Gasteiger partial charge in [-0.3, -0.25) is 0 Å². The first-order valence-electron chi connectivity index (χ1n) is 5.75. The molecule has 0 unspecified atom stereocenters. The summed E-state index contributed by atoms with van der Waals surface area (Å²) in [5.41, 5.74) is 1.56. The van der Waals surface area contributed by atoms with E-state index in [9.17, 15) is 4.79 Å². The fourth-order valence-corrected chi connectivity index (χ4v) is 1.60. The van der Waals surface area contributed by atoms with Crippen molar-refractivity contribution in [2.75, 3.05) is 6.61 Å². The minimum atomic E-state index is -0.429. The molecule has 2 rings (SSSR count). The van der Waals surface area contributed by atoms with Crippen LogP contribution in [0.5, 0.6) is 0 Å². The van der Waals surface area contributed by atoms with Crippen molar-refractivity contribution in [1.29, 1.82) is 5.26 Å². The Balaban J connectivity index is 2.35.